The van der Waals surface area contributed by atoms with Gasteiger partial charge in [-0.1, -0.05) is 146 Å². The highest BCUT2D eigenvalue weighted by molar-refractivity contribution is 7.26. The van der Waals surface area contributed by atoms with E-state index >= 15 is 0 Å². The Morgan fingerprint density at radius 1 is 0.391 bits per heavy atom. The molecule has 0 spiro atoms. The Bertz CT molecular complexity index is 2540. The van der Waals surface area contributed by atoms with E-state index in [1.807, 2.05) is 11.3 Å². The van der Waals surface area contributed by atoms with Gasteiger partial charge in [-0.05, 0) is 68.6 Å². The summed E-state index contributed by atoms with van der Waals surface area (Å²) in [6, 6.07) is 64.0. The average Bonchev–Trinajstić information content (AvgIpc) is 3.51. The molecule has 9 rings (SSSR count). The van der Waals surface area contributed by atoms with E-state index in [1.165, 1.54) is 69.7 Å². The molecule has 0 aliphatic heterocycles. The zero-order chi connectivity index (χ0) is 30.5. The van der Waals surface area contributed by atoms with Crippen LogP contribution in [0.2, 0.25) is 0 Å². The van der Waals surface area contributed by atoms with E-state index < -0.39 is 0 Å². The van der Waals surface area contributed by atoms with Gasteiger partial charge in [0.15, 0.2) is 0 Å². The molecule has 0 saturated carbocycles. The van der Waals surface area contributed by atoms with E-state index in [4.69, 9.17) is 0 Å². The highest BCUT2D eigenvalue weighted by atomic mass is 32.1. The number of hydrogen-bond acceptors (Lipinski definition) is 2. The van der Waals surface area contributed by atoms with Crippen molar-refractivity contribution >= 4 is 70.1 Å². The van der Waals surface area contributed by atoms with Crippen molar-refractivity contribution in [3.05, 3.63) is 176 Å². The van der Waals surface area contributed by atoms with Gasteiger partial charge in [-0.25, -0.2) is 0 Å². The average molecular weight is 604 g/mol. The van der Waals surface area contributed by atoms with E-state index in [1.54, 1.807) is 0 Å². The smallest absolute Gasteiger partial charge is 0.0640 e. The van der Waals surface area contributed by atoms with Crippen LogP contribution >= 0.6 is 11.3 Å². The molecular weight excluding hydrogens is 575 g/mol. The van der Waals surface area contributed by atoms with E-state index in [0.717, 1.165) is 11.4 Å². The number of nitrogens with zero attached hydrogens (tertiary/aromatic N) is 1. The lowest BCUT2D eigenvalue weighted by atomic mass is 9.90. The number of thiophene rings is 1. The first-order chi connectivity index (χ1) is 22.8. The molecule has 9 aromatic rings. The molecule has 0 aliphatic rings. The third-order valence-corrected chi connectivity index (χ3v) is 10.2. The number of anilines is 3. The Balaban J connectivity index is 1.35. The summed E-state index contributed by atoms with van der Waals surface area (Å²) in [6.45, 7) is 0. The molecule has 46 heavy (non-hydrogen) atoms. The van der Waals surface area contributed by atoms with Crippen LogP contribution in [-0.4, -0.2) is 0 Å². The lowest BCUT2D eigenvalue weighted by Gasteiger charge is -2.29. The number of benzene rings is 8. The van der Waals surface area contributed by atoms with Crippen molar-refractivity contribution in [3.63, 3.8) is 0 Å². The fourth-order valence-electron chi connectivity index (χ4n) is 6.95. The van der Waals surface area contributed by atoms with Gasteiger partial charge in [0.25, 0.3) is 0 Å². The Kier molecular flexibility index (Phi) is 6.40. The van der Waals surface area contributed by atoms with Crippen molar-refractivity contribution in [1.29, 1.82) is 0 Å². The molecule has 1 nitrogen and oxygen atoms in total. The Morgan fingerprint density at radius 3 is 1.91 bits per heavy atom. The van der Waals surface area contributed by atoms with Crippen molar-refractivity contribution < 1.29 is 0 Å². The van der Waals surface area contributed by atoms with Gasteiger partial charge in [0.2, 0.25) is 0 Å². The molecule has 1 heterocycles. The van der Waals surface area contributed by atoms with Gasteiger partial charge < -0.3 is 4.90 Å². The van der Waals surface area contributed by atoms with Crippen molar-refractivity contribution in [3.8, 4) is 22.3 Å². The van der Waals surface area contributed by atoms with Crippen molar-refractivity contribution in [2.45, 2.75) is 0 Å². The van der Waals surface area contributed by atoms with Gasteiger partial charge in [-0.3, -0.25) is 0 Å². The molecule has 0 saturated heterocycles. The number of rotatable bonds is 5. The van der Waals surface area contributed by atoms with E-state index in [2.05, 4.69) is 181 Å². The Labute approximate surface area is 272 Å². The molecular formula is C44H29NS. The van der Waals surface area contributed by atoms with Crippen LogP contribution in [0.4, 0.5) is 17.1 Å². The normalized spacial score (nSPS) is 11.5. The topological polar surface area (TPSA) is 3.24 Å². The summed E-state index contributed by atoms with van der Waals surface area (Å²) in [7, 11) is 0. The molecule has 0 aliphatic carbocycles. The first-order valence-corrected chi connectivity index (χ1v) is 16.5. The monoisotopic (exact) mass is 603 g/mol. The van der Waals surface area contributed by atoms with Crippen LogP contribution in [0.3, 0.4) is 0 Å². The summed E-state index contributed by atoms with van der Waals surface area (Å²) in [5, 5.41) is 7.55. The molecule has 8 aromatic carbocycles. The maximum atomic E-state index is 2.48. The standard InChI is InChI=1S/C44H29NS/c1-2-14-31(15-3-1)35-21-10-17-32-18-11-22-38(43(32)35)36-19-6-8-24-40(36)45(34-28-27-30-13-4-5-16-33(30)29-34)41-25-12-23-39-37-20-7-9-26-42(37)46-44(39)41/h1-29H. The molecule has 0 atom stereocenters. The van der Waals surface area contributed by atoms with Crippen molar-refractivity contribution in [2.24, 2.45) is 0 Å². The summed E-state index contributed by atoms with van der Waals surface area (Å²) in [5.74, 6) is 0. The first kappa shape index (κ1) is 26.7. The Morgan fingerprint density at radius 2 is 1.02 bits per heavy atom. The second-order valence-corrected chi connectivity index (χ2v) is 12.8. The maximum absolute atomic E-state index is 2.48. The number of hydrogen-bond donors (Lipinski definition) is 0. The Hall–Kier alpha value is -5.70. The van der Waals surface area contributed by atoms with E-state index in [9.17, 15) is 0 Å². The maximum Gasteiger partial charge on any atom is 0.0640 e. The molecule has 2 heteroatoms. The zero-order valence-corrected chi connectivity index (χ0v) is 25.9. The molecule has 0 N–H and O–H groups in total. The van der Waals surface area contributed by atoms with Crippen molar-refractivity contribution in [2.75, 3.05) is 4.90 Å². The molecule has 0 bridgehead atoms. The minimum Gasteiger partial charge on any atom is -0.308 e. The minimum atomic E-state index is 1.14. The predicted octanol–water partition coefficient (Wildman–Crippen LogP) is 13.2. The summed E-state index contributed by atoms with van der Waals surface area (Å²) in [5.41, 5.74) is 8.36. The second kappa shape index (κ2) is 11.0. The summed E-state index contributed by atoms with van der Waals surface area (Å²) in [6.07, 6.45) is 0. The molecule has 0 radical (unpaired) electrons. The quantitative estimate of drug-likeness (QED) is 0.189. The SMILES string of the molecule is c1ccc(-c2cccc3cccc(-c4ccccc4N(c4ccc5ccccc5c4)c4cccc5c4sc4ccccc45)c23)cc1. The summed E-state index contributed by atoms with van der Waals surface area (Å²) < 4.78 is 2.59. The van der Waals surface area contributed by atoms with Gasteiger partial charge >= 0.3 is 0 Å². The number of para-hydroxylation sites is 1. The first-order valence-electron chi connectivity index (χ1n) is 15.7. The van der Waals surface area contributed by atoms with Crippen LogP contribution in [0.1, 0.15) is 0 Å². The largest absolute Gasteiger partial charge is 0.308 e. The van der Waals surface area contributed by atoms with Crippen LogP contribution in [0.15, 0.2) is 176 Å². The second-order valence-electron chi connectivity index (χ2n) is 11.7. The van der Waals surface area contributed by atoms with Crippen molar-refractivity contribution in [1.82, 2.24) is 0 Å². The third kappa shape index (κ3) is 4.38. The molecule has 0 fully saturated rings. The predicted molar refractivity (Wildman–Crippen MR) is 200 cm³/mol. The lowest BCUT2D eigenvalue weighted by molar-refractivity contribution is 1.31. The van der Waals surface area contributed by atoms with Crippen LogP contribution in [0.25, 0.3) is 64.0 Å². The van der Waals surface area contributed by atoms with Gasteiger partial charge in [0.05, 0.1) is 16.1 Å². The molecule has 0 unspecified atom stereocenters. The summed E-state index contributed by atoms with van der Waals surface area (Å²) >= 11 is 1.87. The molecule has 0 amide bonds. The van der Waals surface area contributed by atoms with Gasteiger partial charge in [0.1, 0.15) is 0 Å². The highest BCUT2D eigenvalue weighted by Crippen LogP contribution is 2.48. The number of fused-ring (bicyclic) bond motifs is 5. The molecule has 1 aromatic heterocycles. The lowest BCUT2D eigenvalue weighted by Crippen LogP contribution is -2.11. The van der Waals surface area contributed by atoms with E-state index in [-0.39, 0.29) is 0 Å². The van der Waals surface area contributed by atoms with Crippen LogP contribution < -0.4 is 4.90 Å². The highest BCUT2D eigenvalue weighted by Gasteiger charge is 2.22. The van der Waals surface area contributed by atoms with Gasteiger partial charge in [0, 0.05) is 26.7 Å². The van der Waals surface area contributed by atoms with E-state index in [0.29, 0.717) is 0 Å². The molecule has 216 valence electrons. The third-order valence-electron chi connectivity index (χ3n) is 9.04. The van der Waals surface area contributed by atoms with Gasteiger partial charge in [-0.15, -0.1) is 11.3 Å². The fourth-order valence-corrected chi connectivity index (χ4v) is 8.16. The zero-order valence-electron chi connectivity index (χ0n) is 25.1. The van der Waals surface area contributed by atoms with Crippen LogP contribution in [0, 0.1) is 0 Å². The fraction of sp³-hybridized carbons (Fsp3) is 0. The summed E-state index contributed by atoms with van der Waals surface area (Å²) in [4.78, 5) is 2.48. The van der Waals surface area contributed by atoms with Gasteiger partial charge in [-0.2, -0.15) is 0 Å². The minimum absolute atomic E-state index is 1.14. The van der Waals surface area contributed by atoms with Crippen LogP contribution in [-0.2, 0) is 0 Å². The van der Waals surface area contributed by atoms with Crippen LogP contribution in [0.5, 0.6) is 0 Å².